The van der Waals surface area contributed by atoms with E-state index in [1.807, 2.05) is 43.3 Å². The predicted molar refractivity (Wildman–Crippen MR) is 75.6 cm³/mol. The maximum atomic E-state index is 5.19. The number of hydrogen-bond acceptors (Lipinski definition) is 3. The van der Waals surface area contributed by atoms with Crippen molar-refractivity contribution in [1.29, 1.82) is 0 Å². The SMILES string of the molecule is CCO/N=C(\c1ccncc1)c1ccc(Br)cc1. The summed E-state index contributed by atoms with van der Waals surface area (Å²) in [7, 11) is 0. The van der Waals surface area contributed by atoms with Gasteiger partial charge in [-0.15, -0.1) is 0 Å². The van der Waals surface area contributed by atoms with Gasteiger partial charge in [0.05, 0.1) is 0 Å². The Labute approximate surface area is 115 Å². The molecule has 0 fully saturated rings. The fourth-order valence-corrected chi connectivity index (χ4v) is 1.78. The summed E-state index contributed by atoms with van der Waals surface area (Å²) in [5.74, 6) is 0. The van der Waals surface area contributed by atoms with E-state index >= 15 is 0 Å². The molecule has 92 valence electrons. The molecule has 0 aliphatic rings. The van der Waals surface area contributed by atoms with Crippen LogP contribution in [0.4, 0.5) is 0 Å². The van der Waals surface area contributed by atoms with Crippen LogP contribution >= 0.6 is 15.9 Å². The third-order valence-corrected chi connectivity index (χ3v) is 2.89. The second kappa shape index (κ2) is 6.31. The molecule has 1 aromatic heterocycles. The molecule has 1 aromatic carbocycles. The van der Waals surface area contributed by atoms with Crippen molar-refractivity contribution in [1.82, 2.24) is 4.98 Å². The van der Waals surface area contributed by atoms with Crippen LogP contribution in [0, 0.1) is 0 Å². The minimum atomic E-state index is 0.547. The highest BCUT2D eigenvalue weighted by atomic mass is 79.9. The maximum Gasteiger partial charge on any atom is 0.117 e. The van der Waals surface area contributed by atoms with Crippen LogP contribution in [-0.4, -0.2) is 17.3 Å². The van der Waals surface area contributed by atoms with Gasteiger partial charge in [0.25, 0.3) is 0 Å². The maximum absolute atomic E-state index is 5.19. The van der Waals surface area contributed by atoms with E-state index in [1.165, 1.54) is 0 Å². The molecule has 1 heterocycles. The van der Waals surface area contributed by atoms with Crippen LogP contribution in [0.3, 0.4) is 0 Å². The van der Waals surface area contributed by atoms with Crippen LogP contribution in [0.2, 0.25) is 0 Å². The number of hydrogen-bond donors (Lipinski definition) is 0. The Kier molecular flexibility index (Phi) is 4.47. The highest BCUT2D eigenvalue weighted by molar-refractivity contribution is 9.10. The van der Waals surface area contributed by atoms with E-state index < -0.39 is 0 Å². The van der Waals surface area contributed by atoms with Gasteiger partial charge in [0.15, 0.2) is 0 Å². The fraction of sp³-hybridized carbons (Fsp3) is 0.143. The average Bonchev–Trinajstić information content (AvgIpc) is 2.42. The van der Waals surface area contributed by atoms with Crippen LogP contribution in [0.25, 0.3) is 0 Å². The molecule has 0 amide bonds. The predicted octanol–water partition coefficient (Wildman–Crippen LogP) is 3.63. The molecule has 0 saturated carbocycles. The standard InChI is InChI=1S/C14H13BrN2O/c1-2-18-17-14(12-7-9-16-10-8-12)11-3-5-13(15)6-4-11/h3-10H,2H2,1H3/b17-14-. The lowest BCUT2D eigenvalue weighted by Gasteiger charge is -2.06. The van der Waals surface area contributed by atoms with Crippen molar-refractivity contribution in [2.75, 3.05) is 6.61 Å². The lowest BCUT2D eigenvalue weighted by molar-refractivity contribution is 0.159. The van der Waals surface area contributed by atoms with Gasteiger partial charge in [-0.25, -0.2) is 0 Å². The monoisotopic (exact) mass is 304 g/mol. The van der Waals surface area contributed by atoms with Gasteiger partial charge in [-0.3, -0.25) is 4.98 Å². The van der Waals surface area contributed by atoms with E-state index in [0.29, 0.717) is 6.61 Å². The summed E-state index contributed by atoms with van der Waals surface area (Å²) in [6.07, 6.45) is 3.49. The Morgan fingerprint density at radius 3 is 2.33 bits per heavy atom. The number of oxime groups is 1. The number of pyridine rings is 1. The molecular weight excluding hydrogens is 292 g/mol. The van der Waals surface area contributed by atoms with E-state index in [0.717, 1.165) is 21.3 Å². The molecule has 4 heteroatoms. The summed E-state index contributed by atoms with van der Waals surface area (Å²) in [5.41, 5.74) is 2.81. The van der Waals surface area contributed by atoms with Gasteiger partial charge in [-0.1, -0.05) is 33.2 Å². The van der Waals surface area contributed by atoms with Crippen molar-refractivity contribution in [3.05, 3.63) is 64.4 Å². The third kappa shape index (κ3) is 3.17. The summed E-state index contributed by atoms with van der Waals surface area (Å²) < 4.78 is 1.04. The van der Waals surface area contributed by atoms with E-state index in [9.17, 15) is 0 Å². The van der Waals surface area contributed by atoms with E-state index in [-0.39, 0.29) is 0 Å². The molecule has 0 N–H and O–H groups in total. The van der Waals surface area contributed by atoms with Crippen LogP contribution < -0.4 is 0 Å². The van der Waals surface area contributed by atoms with E-state index in [4.69, 9.17) is 4.84 Å². The van der Waals surface area contributed by atoms with Gasteiger partial charge in [-0.2, -0.15) is 0 Å². The molecule has 0 radical (unpaired) electrons. The second-order valence-corrected chi connectivity index (χ2v) is 4.52. The van der Waals surface area contributed by atoms with Crippen LogP contribution in [-0.2, 0) is 4.84 Å². The highest BCUT2D eigenvalue weighted by Crippen LogP contribution is 2.15. The number of aromatic nitrogens is 1. The number of halogens is 1. The highest BCUT2D eigenvalue weighted by Gasteiger charge is 2.07. The van der Waals surface area contributed by atoms with E-state index in [1.54, 1.807) is 12.4 Å². The summed E-state index contributed by atoms with van der Waals surface area (Å²) in [5, 5.41) is 4.19. The van der Waals surface area contributed by atoms with Crippen molar-refractivity contribution in [2.24, 2.45) is 5.16 Å². The first-order valence-corrected chi connectivity index (χ1v) is 6.47. The first-order valence-electron chi connectivity index (χ1n) is 5.67. The van der Waals surface area contributed by atoms with Gasteiger partial charge >= 0.3 is 0 Å². The average molecular weight is 305 g/mol. The zero-order valence-corrected chi connectivity index (χ0v) is 11.6. The molecular formula is C14H13BrN2O. The second-order valence-electron chi connectivity index (χ2n) is 3.60. The Morgan fingerprint density at radius 1 is 1.11 bits per heavy atom. The van der Waals surface area contributed by atoms with Crippen molar-refractivity contribution in [2.45, 2.75) is 6.92 Å². The number of nitrogens with zero attached hydrogens (tertiary/aromatic N) is 2. The van der Waals surface area contributed by atoms with Crippen LogP contribution in [0.1, 0.15) is 18.1 Å². The number of rotatable bonds is 4. The molecule has 0 spiro atoms. The topological polar surface area (TPSA) is 34.5 Å². The zero-order valence-electron chi connectivity index (χ0n) is 10.0. The van der Waals surface area contributed by atoms with Gasteiger partial charge in [-0.05, 0) is 31.2 Å². The molecule has 0 unspecified atom stereocenters. The summed E-state index contributed by atoms with van der Waals surface area (Å²) >= 11 is 3.42. The lowest BCUT2D eigenvalue weighted by atomic mass is 10.0. The minimum Gasteiger partial charge on any atom is -0.396 e. The molecule has 0 atom stereocenters. The van der Waals surface area contributed by atoms with Gasteiger partial charge < -0.3 is 4.84 Å². The Hall–Kier alpha value is -1.68. The molecule has 0 aliphatic heterocycles. The van der Waals surface area contributed by atoms with Crippen molar-refractivity contribution < 1.29 is 4.84 Å². The van der Waals surface area contributed by atoms with Gasteiger partial charge in [0.2, 0.25) is 0 Å². The fourth-order valence-electron chi connectivity index (χ4n) is 1.52. The Bertz CT molecular complexity index is 523. The molecule has 2 aromatic rings. The van der Waals surface area contributed by atoms with Crippen molar-refractivity contribution >= 4 is 21.6 Å². The summed E-state index contributed by atoms with van der Waals surface area (Å²) in [4.78, 5) is 9.20. The number of benzene rings is 1. The molecule has 2 rings (SSSR count). The lowest BCUT2D eigenvalue weighted by Crippen LogP contribution is -2.04. The molecule has 0 bridgehead atoms. The van der Waals surface area contributed by atoms with Gasteiger partial charge in [0, 0.05) is 28.0 Å². The quantitative estimate of drug-likeness (QED) is 0.638. The first kappa shape index (κ1) is 12.8. The Morgan fingerprint density at radius 2 is 1.72 bits per heavy atom. The normalized spacial score (nSPS) is 11.3. The largest absolute Gasteiger partial charge is 0.396 e. The Balaban J connectivity index is 2.40. The van der Waals surface area contributed by atoms with Crippen LogP contribution in [0.15, 0.2) is 58.4 Å². The molecule has 3 nitrogen and oxygen atoms in total. The van der Waals surface area contributed by atoms with E-state index in [2.05, 4.69) is 26.1 Å². The first-order chi connectivity index (χ1) is 8.81. The van der Waals surface area contributed by atoms with Crippen molar-refractivity contribution in [3.63, 3.8) is 0 Å². The summed E-state index contributed by atoms with van der Waals surface area (Å²) in [6.45, 7) is 2.46. The van der Waals surface area contributed by atoms with Crippen molar-refractivity contribution in [3.8, 4) is 0 Å². The third-order valence-electron chi connectivity index (χ3n) is 2.36. The van der Waals surface area contributed by atoms with Gasteiger partial charge in [0.1, 0.15) is 12.3 Å². The van der Waals surface area contributed by atoms with Crippen LogP contribution in [0.5, 0.6) is 0 Å². The summed E-state index contributed by atoms with van der Waals surface area (Å²) in [6, 6.07) is 11.8. The minimum absolute atomic E-state index is 0.547. The molecule has 18 heavy (non-hydrogen) atoms. The zero-order chi connectivity index (χ0) is 12.8. The molecule has 0 saturated heterocycles. The molecule has 0 aliphatic carbocycles. The smallest absolute Gasteiger partial charge is 0.117 e.